The van der Waals surface area contributed by atoms with Crippen molar-refractivity contribution in [3.63, 3.8) is 0 Å². The summed E-state index contributed by atoms with van der Waals surface area (Å²) < 4.78 is 5.25. The number of carbonyl (C=O) groups is 12. The average Bonchev–Trinajstić information content (AvgIpc) is 3.66. The Kier molecular flexibility index (Phi) is 31.5. The molecule has 11 atom stereocenters. The van der Waals surface area contributed by atoms with E-state index in [4.69, 9.17) is 16.2 Å². The molecule has 1 aliphatic rings. The number of nitrogens with one attached hydrogen (secondary N) is 8. The van der Waals surface area contributed by atoms with Crippen LogP contribution in [0, 0.1) is 5.92 Å². The minimum Gasteiger partial charge on any atom is -0.497 e. The lowest BCUT2D eigenvalue weighted by Crippen LogP contribution is -2.62. The van der Waals surface area contributed by atoms with Crippen LogP contribution >= 0.6 is 0 Å². The van der Waals surface area contributed by atoms with E-state index in [0.29, 0.717) is 23.5 Å². The first kappa shape index (κ1) is 73.1. The Hall–Kier alpha value is -7.98. The van der Waals surface area contributed by atoms with Crippen molar-refractivity contribution in [3.05, 3.63) is 54.3 Å². The number of benzene rings is 1. The number of hydrogen-bond donors (Lipinski definition) is 13. The molecule has 1 saturated heterocycles. The van der Waals surface area contributed by atoms with Crippen LogP contribution in [0.3, 0.4) is 0 Å². The smallest absolute Gasteiger partial charge is 0.268 e. The standard InChI is InChI=1S/C57H90N12O16/c1-11-14-15-16-17-20-35(71)28-41-48(75)55(82)62-38(13-3)51(78)66-46(31(4)5)54(81)63-39(21-18-19-34-22-24-36(85-10)25-23-34)52(79)67-47(33(7)70)57(84)69(9)42(29-44(59)73)53(80)61-37(12-2)50(77)64-40(26-27-43(58)72)56(83)68(8)30-45(74)60-32(6)49(76)65-41/h12-13,22-25,31-33,35,38-42,46-48,70-71,75H,3,11,14-21,26-30H2,1-2,4-10H3,(H2,58,72)(H2,59,73)(H,60,74)(H,61,80)(H,62,82)(H,63,81)(H,64,77)(H,65,76)(H,66,78)(H,67,79)/b37-12-/t32-,33+,35-,38?,39-,40-,41+,42-,46-,47-,48+/m0/s1. The molecular weight excluding hydrogens is 1110 g/mol. The summed E-state index contributed by atoms with van der Waals surface area (Å²) in [5.74, 6) is -12.6. The van der Waals surface area contributed by atoms with Crippen molar-refractivity contribution >= 4 is 70.9 Å². The van der Waals surface area contributed by atoms with Gasteiger partial charge in [0.1, 0.15) is 53.7 Å². The molecule has 85 heavy (non-hydrogen) atoms. The maximum absolute atomic E-state index is 14.4. The zero-order chi connectivity index (χ0) is 64.2. The second-order valence-electron chi connectivity index (χ2n) is 21.5. The molecule has 1 unspecified atom stereocenters. The van der Waals surface area contributed by atoms with E-state index in [1.54, 1.807) is 38.1 Å². The number of allylic oxidation sites excluding steroid dienone is 1. The molecule has 1 aliphatic heterocycles. The first-order chi connectivity index (χ1) is 40.0. The number of amides is 12. The topological polar surface area (TPSA) is 430 Å². The largest absolute Gasteiger partial charge is 0.497 e. The van der Waals surface area contributed by atoms with E-state index in [9.17, 15) is 72.9 Å². The quantitative estimate of drug-likeness (QED) is 0.0346. The Labute approximate surface area is 496 Å². The molecule has 28 heteroatoms. The van der Waals surface area contributed by atoms with Gasteiger partial charge in [-0.3, -0.25) is 57.5 Å². The highest BCUT2D eigenvalue weighted by Crippen LogP contribution is 2.17. The van der Waals surface area contributed by atoms with Crippen molar-refractivity contribution < 1.29 is 77.6 Å². The number of hydrogen-bond acceptors (Lipinski definition) is 16. The highest BCUT2D eigenvalue weighted by atomic mass is 16.5. The van der Waals surface area contributed by atoms with Crippen LogP contribution in [0.2, 0.25) is 0 Å². The number of unbranched alkanes of at least 4 members (excludes halogenated alkanes) is 4. The summed E-state index contributed by atoms with van der Waals surface area (Å²) in [6, 6.07) is -5.83. The van der Waals surface area contributed by atoms with Crippen LogP contribution in [-0.4, -0.2) is 190 Å². The Balaban J connectivity index is 2.80. The predicted molar refractivity (Wildman–Crippen MR) is 310 cm³/mol. The lowest BCUT2D eigenvalue weighted by molar-refractivity contribution is -0.145. The van der Waals surface area contributed by atoms with E-state index in [1.165, 1.54) is 21.0 Å². The van der Waals surface area contributed by atoms with Gasteiger partial charge in [-0.05, 0) is 82.9 Å². The van der Waals surface area contributed by atoms with Gasteiger partial charge in [0.2, 0.25) is 59.1 Å². The minimum atomic E-state index is -2.15. The van der Waals surface area contributed by atoms with Gasteiger partial charge in [-0.2, -0.15) is 0 Å². The van der Waals surface area contributed by atoms with Crippen molar-refractivity contribution in [3.8, 4) is 5.75 Å². The number of methoxy groups -OCH3 is 1. The summed E-state index contributed by atoms with van der Waals surface area (Å²) in [5.41, 5.74) is 11.2. The highest BCUT2D eigenvalue weighted by molar-refractivity contribution is 6.03. The van der Waals surface area contributed by atoms with Crippen molar-refractivity contribution in [2.45, 2.75) is 192 Å². The van der Waals surface area contributed by atoms with E-state index in [-0.39, 0.29) is 25.7 Å². The fraction of sp³-hybridized carbons (Fsp3) is 0.614. The van der Waals surface area contributed by atoms with E-state index >= 15 is 0 Å². The molecule has 1 fully saturated rings. The molecular formula is C57H90N12O16. The third-order valence-corrected chi connectivity index (χ3v) is 14.1. The summed E-state index contributed by atoms with van der Waals surface area (Å²) in [7, 11) is 3.72. The van der Waals surface area contributed by atoms with Crippen molar-refractivity contribution in [2.75, 3.05) is 27.7 Å². The average molecular weight is 1200 g/mol. The van der Waals surface area contributed by atoms with E-state index < -0.39 is 175 Å². The molecule has 1 aromatic carbocycles. The van der Waals surface area contributed by atoms with Crippen molar-refractivity contribution in [1.29, 1.82) is 0 Å². The van der Waals surface area contributed by atoms with Gasteiger partial charge < -0.3 is 83.9 Å². The number of nitrogens with zero attached hydrogens (tertiary/aromatic N) is 2. The molecule has 0 bridgehead atoms. The number of aliphatic hydroxyl groups excluding tert-OH is 3. The molecule has 15 N–H and O–H groups in total. The zero-order valence-electron chi connectivity index (χ0n) is 50.2. The monoisotopic (exact) mass is 1200 g/mol. The third kappa shape index (κ3) is 24.6. The van der Waals surface area contributed by atoms with E-state index in [1.807, 2.05) is 6.92 Å². The molecule has 12 amide bonds. The molecule has 2 rings (SSSR count). The van der Waals surface area contributed by atoms with Crippen LogP contribution < -0.4 is 58.7 Å². The predicted octanol–water partition coefficient (Wildman–Crippen LogP) is -2.41. The summed E-state index contributed by atoms with van der Waals surface area (Å²) in [6.07, 6.45) is -0.200. The lowest BCUT2D eigenvalue weighted by Gasteiger charge is -2.32. The molecule has 0 radical (unpaired) electrons. The van der Waals surface area contributed by atoms with Crippen LogP contribution in [0.1, 0.15) is 124 Å². The second kappa shape index (κ2) is 36.7. The maximum atomic E-state index is 14.4. The van der Waals surface area contributed by atoms with Gasteiger partial charge in [-0.25, -0.2) is 0 Å². The summed E-state index contributed by atoms with van der Waals surface area (Å²) in [4.78, 5) is 166. The number of aryl methyl sites for hydroxylation is 1. The molecule has 0 aromatic heterocycles. The fourth-order valence-corrected chi connectivity index (χ4v) is 9.01. The normalized spacial score (nSPS) is 25.0. The number of likely N-dealkylation sites (N-methyl/N-ethyl adjacent to an activating group) is 2. The van der Waals surface area contributed by atoms with Crippen LogP contribution in [0.4, 0.5) is 0 Å². The molecule has 1 heterocycles. The maximum Gasteiger partial charge on any atom is 0.268 e. The fourth-order valence-electron chi connectivity index (χ4n) is 9.01. The second-order valence-corrected chi connectivity index (χ2v) is 21.5. The van der Waals surface area contributed by atoms with Gasteiger partial charge in [-0.15, -0.1) is 6.58 Å². The van der Waals surface area contributed by atoms with Crippen molar-refractivity contribution in [2.24, 2.45) is 17.4 Å². The zero-order valence-corrected chi connectivity index (χ0v) is 50.2. The van der Waals surface area contributed by atoms with Crippen LogP contribution in [-0.2, 0) is 64.0 Å². The van der Waals surface area contributed by atoms with Crippen LogP contribution in [0.5, 0.6) is 5.75 Å². The van der Waals surface area contributed by atoms with E-state index in [2.05, 4.69) is 49.1 Å². The highest BCUT2D eigenvalue weighted by Gasteiger charge is 2.39. The molecule has 0 aliphatic carbocycles. The Morgan fingerprint density at radius 3 is 1.94 bits per heavy atom. The number of ether oxygens (including phenoxy) is 1. The molecule has 28 nitrogen and oxygen atoms in total. The third-order valence-electron chi connectivity index (χ3n) is 14.1. The van der Waals surface area contributed by atoms with Gasteiger partial charge in [0, 0.05) is 20.5 Å². The van der Waals surface area contributed by atoms with E-state index in [0.717, 1.165) is 69.3 Å². The number of rotatable bonds is 21. The Bertz CT molecular complexity index is 2530. The SMILES string of the molecule is C=CC1NC(=O)[C@H](O)[C@@H](C[C@@H](O)CCCCCCC)NC(=O)[C@H](C)NC(=O)CN(C)C(=O)[C@H](CCC(N)=O)NC(=O)/C(=C/C)NC(=O)[C@H](CC(N)=O)N(C)C(=O)[C@H]([C@@H](C)O)NC(=O)[C@H](CCCc2ccc(OC)cc2)NC(=O)[C@H](C(C)C)NC1=O. The van der Waals surface area contributed by atoms with Gasteiger partial charge >= 0.3 is 0 Å². The lowest BCUT2D eigenvalue weighted by atomic mass is 9.98. The minimum absolute atomic E-state index is 0.106. The Morgan fingerprint density at radius 1 is 0.741 bits per heavy atom. The summed E-state index contributed by atoms with van der Waals surface area (Å²) in [5, 5.41) is 53.3. The van der Waals surface area contributed by atoms with Gasteiger partial charge in [0.15, 0.2) is 6.10 Å². The number of nitrogens with two attached hydrogens (primary N) is 2. The number of primary amides is 2. The number of aliphatic hydroxyl groups is 3. The molecule has 1 aromatic rings. The van der Waals surface area contributed by atoms with Gasteiger partial charge in [0.05, 0.1) is 38.3 Å². The summed E-state index contributed by atoms with van der Waals surface area (Å²) in [6.45, 7) is 11.8. The first-order valence-corrected chi connectivity index (χ1v) is 28.5. The molecule has 0 saturated carbocycles. The summed E-state index contributed by atoms with van der Waals surface area (Å²) >= 11 is 0. The Morgan fingerprint density at radius 2 is 1.38 bits per heavy atom. The van der Waals surface area contributed by atoms with Crippen LogP contribution in [0.15, 0.2) is 48.7 Å². The van der Waals surface area contributed by atoms with Gasteiger partial charge in [0.25, 0.3) is 11.8 Å². The molecule has 0 spiro atoms. The van der Waals surface area contributed by atoms with Crippen LogP contribution in [0.25, 0.3) is 0 Å². The number of carbonyl (C=O) groups excluding carboxylic acids is 12. The van der Waals surface area contributed by atoms with Crippen molar-refractivity contribution in [1.82, 2.24) is 52.3 Å². The first-order valence-electron chi connectivity index (χ1n) is 28.5. The molecule has 474 valence electrons. The van der Waals surface area contributed by atoms with Gasteiger partial charge in [-0.1, -0.05) is 77.2 Å².